The van der Waals surface area contributed by atoms with E-state index in [0.29, 0.717) is 38.5 Å². The molecule has 0 saturated heterocycles. The van der Waals surface area contributed by atoms with Gasteiger partial charge in [0.05, 0.1) is 15.9 Å². The summed E-state index contributed by atoms with van der Waals surface area (Å²) in [6.07, 6.45) is 0. The maximum Gasteiger partial charge on any atom is 0.268 e. The Balaban J connectivity index is 1.50. The minimum Gasteiger partial charge on any atom is -0.232 e. The molecule has 0 saturated carbocycles. The predicted octanol–water partition coefficient (Wildman–Crippen LogP) is 8.29. The lowest BCUT2D eigenvalue weighted by atomic mass is 10.1. The van der Waals surface area contributed by atoms with Crippen molar-refractivity contribution in [2.24, 2.45) is 0 Å². The van der Waals surface area contributed by atoms with Gasteiger partial charge in [0.15, 0.2) is 17.5 Å². The number of hydrogen-bond donors (Lipinski definition) is 0. The van der Waals surface area contributed by atoms with Crippen molar-refractivity contribution in [3.8, 4) is 34.2 Å². The van der Waals surface area contributed by atoms with E-state index in [1.165, 1.54) is 3.97 Å². The summed E-state index contributed by atoms with van der Waals surface area (Å²) < 4.78 is 30.5. The van der Waals surface area contributed by atoms with Gasteiger partial charge >= 0.3 is 0 Å². The first-order valence-electron chi connectivity index (χ1n) is 13.3. The van der Waals surface area contributed by atoms with E-state index < -0.39 is 10.0 Å². The first kappa shape index (κ1) is 26.3. The zero-order chi connectivity index (χ0) is 28.8. The Morgan fingerprint density at radius 1 is 0.595 bits per heavy atom. The van der Waals surface area contributed by atoms with Crippen molar-refractivity contribution in [2.75, 3.05) is 0 Å². The number of benzene rings is 5. The van der Waals surface area contributed by atoms with E-state index in [1.807, 2.05) is 116 Å². The van der Waals surface area contributed by atoms with Crippen molar-refractivity contribution >= 4 is 47.8 Å². The van der Waals surface area contributed by atoms with E-state index in [1.54, 1.807) is 12.1 Å². The molecule has 0 bridgehead atoms. The molecule has 204 valence electrons. The van der Waals surface area contributed by atoms with Crippen LogP contribution in [0, 0.1) is 6.92 Å². The Morgan fingerprint density at radius 2 is 1.17 bits per heavy atom. The number of para-hydroxylation sites is 1. The van der Waals surface area contributed by atoms with E-state index in [4.69, 9.17) is 15.0 Å². The van der Waals surface area contributed by atoms with Gasteiger partial charge in [0.25, 0.3) is 10.0 Å². The minimum absolute atomic E-state index is 0.214. The fraction of sp³-hybridized carbons (Fsp3) is 0.0294. The fourth-order valence-electron chi connectivity index (χ4n) is 5.13. The highest BCUT2D eigenvalue weighted by molar-refractivity contribution is 9.10. The molecule has 0 aliphatic carbocycles. The van der Waals surface area contributed by atoms with Crippen molar-refractivity contribution in [3.63, 3.8) is 0 Å². The monoisotopic (exact) mass is 630 g/mol. The molecule has 2 aromatic heterocycles. The fourth-order valence-corrected chi connectivity index (χ4v) is 7.33. The van der Waals surface area contributed by atoms with Gasteiger partial charge in [-0.2, -0.15) is 0 Å². The zero-order valence-electron chi connectivity index (χ0n) is 22.4. The van der Waals surface area contributed by atoms with Crippen LogP contribution in [0.1, 0.15) is 5.56 Å². The van der Waals surface area contributed by atoms with Gasteiger partial charge in [-0.05, 0) is 47.1 Å². The van der Waals surface area contributed by atoms with Crippen molar-refractivity contribution < 1.29 is 8.42 Å². The van der Waals surface area contributed by atoms with E-state index in [9.17, 15) is 8.42 Å². The molecule has 42 heavy (non-hydrogen) atoms. The van der Waals surface area contributed by atoms with Gasteiger partial charge in [0, 0.05) is 31.9 Å². The Morgan fingerprint density at radius 3 is 1.76 bits per heavy atom. The van der Waals surface area contributed by atoms with Crippen LogP contribution in [0.3, 0.4) is 0 Å². The molecule has 0 unspecified atom stereocenters. The first-order chi connectivity index (χ1) is 20.4. The normalized spacial score (nSPS) is 11.8. The number of aryl methyl sites for hydroxylation is 1. The number of nitrogens with zero attached hydrogens (tertiary/aromatic N) is 4. The first-order valence-corrected chi connectivity index (χ1v) is 15.6. The number of halogens is 1. The molecule has 6 nitrogen and oxygen atoms in total. The van der Waals surface area contributed by atoms with Gasteiger partial charge in [-0.1, -0.05) is 103 Å². The van der Waals surface area contributed by atoms with Gasteiger partial charge in [0.1, 0.15) is 0 Å². The Bertz CT molecular complexity index is 2160. The molecule has 0 amide bonds. The summed E-state index contributed by atoms with van der Waals surface area (Å²) in [5, 5.41) is 1.64. The highest BCUT2D eigenvalue weighted by Gasteiger charge is 2.25. The second kappa shape index (κ2) is 10.3. The largest absolute Gasteiger partial charge is 0.268 e. The maximum atomic E-state index is 14.2. The van der Waals surface area contributed by atoms with Crippen molar-refractivity contribution in [1.82, 2.24) is 18.9 Å². The third kappa shape index (κ3) is 4.49. The van der Waals surface area contributed by atoms with E-state index in [2.05, 4.69) is 15.9 Å². The SMILES string of the molecule is Cc1ccc(S(=O)(=O)n2c3cc(-c4nc(-c5ccccc5)nc(-c5ccccc5)n4)ccc3c3cccc(Br)c32)cc1. The molecular formula is C34H23BrN4O2S. The second-order valence-electron chi connectivity index (χ2n) is 9.99. The van der Waals surface area contributed by atoms with E-state index in [-0.39, 0.29) is 4.90 Å². The molecule has 2 heterocycles. The standard InChI is InChI=1S/C34H23BrN4O2S/c1-22-15-18-26(19-16-22)42(40,41)39-30-21-25(17-20-27(30)28-13-8-14-29(35)31(28)39)34-37-32(23-9-4-2-5-10-23)36-33(38-34)24-11-6-3-7-12-24/h2-21H,1H3. The maximum absolute atomic E-state index is 14.2. The van der Waals surface area contributed by atoms with Crippen LogP contribution in [0.25, 0.3) is 56.0 Å². The van der Waals surface area contributed by atoms with Crippen LogP contribution in [-0.2, 0) is 10.0 Å². The lowest BCUT2D eigenvalue weighted by Gasteiger charge is -2.12. The highest BCUT2D eigenvalue weighted by Crippen LogP contribution is 2.38. The molecule has 8 heteroatoms. The number of fused-ring (bicyclic) bond motifs is 3. The molecule has 0 aliphatic heterocycles. The summed E-state index contributed by atoms with van der Waals surface area (Å²) in [7, 11) is -3.96. The molecule has 0 radical (unpaired) electrons. The smallest absolute Gasteiger partial charge is 0.232 e. The highest BCUT2D eigenvalue weighted by atomic mass is 79.9. The summed E-state index contributed by atoms with van der Waals surface area (Å²) in [5.41, 5.74) is 4.50. The average Bonchev–Trinajstić information content (AvgIpc) is 3.38. The summed E-state index contributed by atoms with van der Waals surface area (Å²) >= 11 is 3.62. The third-order valence-electron chi connectivity index (χ3n) is 7.21. The molecular weight excluding hydrogens is 608 g/mol. The predicted molar refractivity (Wildman–Crippen MR) is 171 cm³/mol. The van der Waals surface area contributed by atoms with Crippen LogP contribution in [0.2, 0.25) is 0 Å². The van der Waals surface area contributed by atoms with Crippen LogP contribution in [0.15, 0.2) is 131 Å². The molecule has 0 spiro atoms. The lowest BCUT2D eigenvalue weighted by molar-refractivity contribution is 0.590. The van der Waals surface area contributed by atoms with Gasteiger partial charge in [-0.15, -0.1) is 0 Å². The van der Waals surface area contributed by atoms with Crippen LogP contribution in [0.4, 0.5) is 0 Å². The molecule has 5 aromatic carbocycles. The summed E-state index contributed by atoms with van der Waals surface area (Å²) in [4.78, 5) is 14.7. The molecule has 0 N–H and O–H groups in total. The average molecular weight is 632 g/mol. The molecule has 0 aliphatic rings. The van der Waals surface area contributed by atoms with Crippen molar-refractivity contribution in [3.05, 3.63) is 131 Å². The van der Waals surface area contributed by atoms with Crippen LogP contribution >= 0.6 is 15.9 Å². The lowest BCUT2D eigenvalue weighted by Crippen LogP contribution is -2.13. The summed E-state index contributed by atoms with van der Waals surface area (Å²) in [6.45, 7) is 1.93. The molecule has 0 atom stereocenters. The van der Waals surface area contributed by atoms with Gasteiger partial charge in [-0.3, -0.25) is 0 Å². The van der Waals surface area contributed by atoms with E-state index in [0.717, 1.165) is 27.5 Å². The van der Waals surface area contributed by atoms with E-state index >= 15 is 0 Å². The van der Waals surface area contributed by atoms with Crippen LogP contribution in [0.5, 0.6) is 0 Å². The molecule has 0 fully saturated rings. The number of hydrogen-bond acceptors (Lipinski definition) is 5. The number of aromatic nitrogens is 4. The van der Waals surface area contributed by atoms with Gasteiger partial charge in [0.2, 0.25) is 0 Å². The molecule has 7 rings (SSSR count). The summed E-state index contributed by atoms with van der Waals surface area (Å²) in [6, 6.07) is 37.8. The number of rotatable bonds is 5. The Kier molecular flexibility index (Phi) is 6.45. The van der Waals surface area contributed by atoms with Crippen molar-refractivity contribution in [2.45, 2.75) is 11.8 Å². The summed E-state index contributed by atoms with van der Waals surface area (Å²) in [5.74, 6) is 1.53. The van der Waals surface area contributed by atoms with Gasteiger partial charge < -0.3 is 0 Å². The zero-order valence-corrected chi connectivity index (χ0v) is 24.8. The quantitative estimate of drug-likeness (QED) is 0.191. The minimum atomic E-state index is -3.96. The topological polar surface area (TPSA) is 77.7 Å². The Labute approximate surface area is 251 Å². The van der Waals surface area contributed by atoms with Crippen LogP contribution in [-0.4, -0.2) is 27.3 Å². The molecule has 7 aromatic rings. The van der Waals surface area contributed by atoms with Crippen molar-refractivity contribution in [1.29, 1.82) is 0 Å². The van der Waals surface area contributed by atoms with Gasteiger partial charge in [-0.25, -0.2) is 27.3 Å². The third-order valence-corrected chi connectivity index (χ3v) is 9.58. The Hall–Kier alpha value is -4.66. The van der Waals surface area contributed by atoms with Crippen LogP contribution < -0.4 is 0 Å². The second-order valence-corrected chi connectivity index (χ2v) is 12.6.